The third-order valence-corrected chi connectivity index (χ3v) is 4.25. The van der Waals surface area contributed by atoms with Crippen molar-refractivity contribution in [1.29, 1.82) is 0 Å². The van der Waals surface area contributed by atoms with Gasteiger partial charge >= 0.3 is 12.2 Å². The normalized spacial score (nSPS) is 10.2. The van der Waals surface area contributed by atoms with Crippen molar-refractivity contribution in [3.05, 3.63) is 47.7 Å². The van der Waals surface area contributed by atoms with Gasteiger partial charge in [-0.05, 0) is 11.6 Å². The largest absolute Gasteiger partial charge is 0.440 e. The molecule has 0 spiro atoms. The summed E-state index contributed by atoms with van der Waals surface area (Å²) in [4.78, 5) is 7.42. The molecule has 150 valence electrons. The highest BCUT2D eigenvalue weighted by Gasteiger charge is 2.07. The van der Waals surface area contributed by atoms with Crippen molar-refractivity contribution in [3.8, 4) is 0 Å². The van der Waals surface area contributed by atoms with E-state index < -0.39 is 23.8 Å². The zero-order valence-electron chi connectivity index (χ0n) is 13.2. The summed E-state index contributed by atoms with van der Waals surface area (Å²) in [7, 11) is 0. The number of halogens is 7. The molecule has 0 saturated carbocycles. The monoisotopic (exact) mass is 452 g/mol. The van der Waals surface area contributed by atoms with Gasteiger partial charge in [-0.15, -0.1) is 0 Å². The Labute approximate surface area is 163 Å². The summed E-state index contributed by atoms with van der Waals surface area (Å²) in [5, 5.41) is 0.703. The van der Waals surface area contributed by atoms with Crippen LogP contribution in [0.25, 0.3) is 0 Å². The van der Waals surface area contributed by atoms with E-state index in [2.05, 4.69) is 9.97 Å². The predicted molar refractivity (Wildman–Crippen MR) is 89.4 cm³/mol. The van der Waals surface area contributed by atoms with E-state index >= 15 is 0 Å². The van der Waals surface area contributed by atoms with Crippen LogP contribution in [0.1, 0.15) is 12.8 Å². The van der Waals surface area contributed by atoms with E-state index in [1.165, 1.54) is 18.7 Å². The van der Waals surface area contributed by atoms with Crippen molar-refractivity contribution in [2.24, 2.45) is 0 Å². The SMILES string of the molecule is FC(F)=C(F)CCSc1ncc(Cl)o1.FC(F)=C(F)CCSc1ncco1. The number of rotatable bonds is 8. The lowest BCUT2D eigenvalue weighted by atomic mass is 10.4. The predicted octanol–water partition coefficient (Wildman–Crippen LogP) is 7.12. The van der Waals surface area contributed by atoms with Gasteiger partial charge in [-0.25, -0.2) is 18.7 Å². The van der Waals surface area contributed by atoms with E-state index in [4.69, 9.17) is 20.4 Å². The third-order valence-electron chi connectivity index (χ3n) is 2.37. The zero-order chi connectivity index (χ0) is 20.2. The van der Waals surface area contributed by atoms with Gasteiger partial charge in [0.2, 0.25) is 5.22 Å². The molecule has 0 atom stereocenters. The highest BCUT2D eigenvalue weighted by atomic mass is 35.5. The smallest absolute Gasteiger partial charge is 0.301 e. The van der Waals surface area contributed by atoms with Gasteiger partial charge in [0.25, 0.3) is 10.4 Å². The Morgan fingerprint density at radius 3 is 1.85 bits per heavy atom. The quantitative estimate of drug-likeness (QED) is 0.314. The molecule has 0 fully saturated rings. The molecule has 13 heteroatoms. The third kappa shape index (κ3) is 10.4. The number of thioether (sulfide) groups is 2. The van der Waals surface area contributed by atoms with Crippen LogP contribution in [0.3, 0.4) is 0 Å². The van der Waals surface area contributed by atoms with Gasteiger partial charge in [-0.2, -0.15) is 17.6 Å². The van der Waals surface area contributed by atoms with Gasteiger partial charge in [0.05, 0.1) is 12.4 Å². The standard InChI is InChI=1S/C7H5ClF3NOS.C7H6F3NOS/c8-5-3-12-7(13-5)14-2-1-4(9)6(10)11;8-5(6(9)10)1-4-13-7-11-2-3-12-7/h3H,1-2H2;2-3H,1,4H2. The molecule has 0 aliphatic rings. The lowest BCUT2D eigenvalue weighted by Gasteiger charge is -1.94. The van der Waals surface area contributed by atoms with E-state index in [0.717, 1.165) is 23.5 Å². The molecule has 2 heterocycles. The second-order valence-electron chi connectivity index (χ2n) is 4.26. The average molecular weight is 453 g/mol. The van der Waals surface area contributed by atoms with Gasteiger partial charge in [-0.1, -0.05) is 23.5 Å². The number of aromatic nitrogens is 2. The average Bonchev–Trinajstić information content (AvgIpc) is 3.27. The molecule has 4 nitrogen and oxygen atoms in total. The van der Waals surface area contributed by atoms with E-state index in [0.29, 0.717) is 5.22 Å². The molecule has 0 aliphatic carbocycles. The molecule has 0 N–H and O–H groups in total. The van der Waals surface area contributed by atoms with Crippen LogP contribution in [-0.4, -0.2) is 21.5 Å². The Hall–Kier alpha value is -1.53. The summed E-state index contributed by atoms with van der Waals surface area (Å²) in [5.74, 6) is -2.47. The van der Waals surface area contributed by atoms with Gasteiger partial charge < -0.3 is 8.83 Å². The Kier molecular flexibility index (Phi) is 11.1. The molecule has 0 aliphatic heterocycles. The molecule has 0 bridgehead atoms. The minimum absolute atomic E-state index is 0.111. The first-order chi connectivity index (χ1) is 12.8. The number of hydrogen-bond acceptors (Lipinski definition) is 6. The topological polar surface area (TPSA) is 52.1 Å². The lowest BCUT2D eigenvalue weighted by molar-refractivity contribution is 0.373. The Balaban J connectivity index is 0.000000271. The molecular formula is C14H11ClF6N2O2S2. The van der Waals surface area contributed by atoms with Crippen LogP contribution in [0.2, 0.25) is 5.22 Å². The van der Waals surface area contributed by atoms with Gasteiger partial charge in [-0.3, -0.25) is 0 Å². The van der Waals surface area contributed by atoms with Crippen LogP contribution < -0.4 is 0 Å². The van der Waals surface area contributed by atoms with Crippen molar-refractivity contribution in [2.45, 2.75) is 23.3 Å². The summed E-state index contributed by atoms with van der Waals surface area (Å²) in [6.45, 7) is 0. The van der Waals surface area contributed by atoms with Crippen molar-refractivity contribution in [3.63, 3.8) is 0 Å². The van der Waals surface area contributed by atoms with Crippen LogP contribution in [0.4, 0.5) is 26.3 Å². The minimum atomic E-state index is -2.28. The maximum absolute atomic E-state index is 12.3. The first-order valence-corrected chi connectivity index (χ1v) is 9.30. The molecule has 0 aromatic carbocycles. The molecular weight excluding hydrogens is 442 g/mol. The first-order valence-electron chi connectivity index (χ1n) is 6.95. The molecule has 0 unspecified atom stereocenters. The summed E-state index contributed by atoms with van der Waals surface area (Å²) in [5.41, 5.74) is 0. The van der Waals surface area contributed by atoms with Crippen molar-refractivity contribution in [2.75, 3.05) is 11.5 Å². The first kappa shape index (κ1) is 23.5. The van der Waals surface area contributed by atoms with Gasteiger partial charge in [0.1, 0.15) is 6.26 Å². The second kappa shape index (κ2) is 12.8. The summed E-state index contributed by atoms with van der Waals surface area (Å²) < 4.78 is 80.4. The van der Waals surface area contributed by atoms with Crippen LogP contribution in [0.5, 0.6) is 0 Å². The highest BCUT2D eigenvalue weighted by molar-refractivity contribution is 7.99. The second-order valence-corrected chi connectivity index (χ2v) is 6.72. The molecule has 2 aromatic rings. The molecule has 2 aromatic heterocycles. The highest BCUT2D eigenvalue weighted by Crippen LogP contribution is 2.24. The summed E-state index contributed by atoms with van der Waals surface area (Å²) >= 11 is 7.51. The fraction of sp³-hybridized carbons (Fsp3) is 0.286. The van der Waals surface area contributed by atoms with Gasteiger partial charge in [0, 0.05) is 24.3 Å². The number of oxazole rings is 2. The van der Waals surface area contributed by atoms with E-state index in [9.17, 15) is 26.3 Å². The van der Waals surface area contributed by atoms with Gasteiger partial charge in [0.15, 0.2) is 11.7 Å². The minimum Gasteiger partial charge on any atom is -0.440 e. The van der Waals surface area contributed by atoms with Crippen molar-refractivity contribution >= 4 is 35.1 Å². The number of nitrogens with zero attached hydrogens (tertiary/aromatic N) is 2. The van der Waals surface area contributed by atoms with Crippen LogP contribution in [0, 0.1) is 0 Å². The fourth-order valence-corrected chi connectivity index (χ4v) is 2.85. The molecule has 0 radical (unpaired) electrons. The summed E-state index contributed by atoms with van der Waals surface area (Å²) in [6.07, 6.45) is -1.12. The van der Waals surface area contributed by atoms with Crippen LogP contribution in [-0.2, 0) is 0 Å². The molecule has 27 heavy (non-hydrogen) atoms. The summed E-state index contributed by atoms with van der Waals surface area (Å²) in [6, 6.07) is 0. The lowest BCUT2D eigenvalue weighted by Crippen LogP contribution is -1.82. The Morgan fingerprint density at radius 2 is 1.44 bits per heavy atom. The van der Waals surface area contributed by atoms with Crippen LogP contribution in [0.15, 0.2) is 61.8 Å². The Bertz CT molecular complexity index is 747. The Morgan fingerprint density at radius 1 is 0.889 bits per heavy atom. The number of hydrogen-bond donors (Lipinski definition) is 0. The molecule has 0 amide bonds. The molecule has 2 rings (SSSR count). The van der Waals surface area contributed by atoms with Crippen molar-refractivity contribution < 1.29 is 35.2 Å². The van der Waals surface area contributed by atoms with Crippen LogP contribution >= 0.6 is 35.1 Å². The zero-order valence-corrected chi connectivity index (χ0v) is 15.6. The maximum Gasteiger partial charge on any atom is 0.301 e. The van der Waals surface area contributed by atoms with Crippen molar-refractivity contribution in [1.82, 2.24) is 9.97 Å². The molecule has 0 saturated heterocycles. The van der Waals surface area contributed by atoms with E-state index in [-0.39, 0.29) is 34.8 Å². The van der Waals surface area contributed by atoms with E-state index in [1.54, 1.807) is 0 Å². The van der Waals surface area contributed by atoms with E-state index in [1.807, 2.05) is 0 Å². The fourth-order valence-electron chi connectivity index (χ4n) is 1.23. The maximum atomic E-state index is 12.3. The number of allylic oxidation sites excluding steroid dienone is 2.